The fourth-order valence-corrected chi connectivity index (χ4v) is 1.75. The summed E-state index contributed by atoms with van der Waals surface area (Å²) >= 11 is 0. The molecule has 0 aromatic heterocycles. The fourth-order valence-electron chi connectivity index (χ4n) is 1.75. The molecule has 100 valence electrons. The molecule has 1 aromatic carbocycles. The predicted molar refractivity (Wildman–Crippen MR) is 65.2 cm³/mol. The number of hydrogen-bond acceptors (Lipinski definition) is 5. The standard InChI is InChI=1S/C13H18O5/c1-7-4-9(5-8(2)12(7)16)13(17)10(14)6-11(15)18-3/h4-5,10,13-14,16-17H,6H2,1-3H3. The number of esters is 1. The molecule has 1 aromatic rings. The Kier molecular flexibility index (Phi) is 4.69. The van der Waals surface area contributed by atoms with E-state index in [1.807, 2.05) is 0 Å². The number of aryl methyl sites for hydroxylation is 2. The minimum atomic E-state index is -1.24. The average Bonchev–Trinajstić information content (AvgIpc) is 2.33. The first-order chi connectivity index (χ1) is 8.36. The Labute approximate surface area is 106 Å². The van der Waals surface area contributed by atoms with Crippen LogP contribution in [0.15, 0.2) is 12.1 Å². The van der Waals surface area contributed by atoms with E-state index >= 15 is 0 Å². The first-order valence-electron chi connectivity index (χ1n) is 5.60. The highest BCUT2D eigenvalue weighted by Crippen LogP contribution is 2.28. The summed E-state index contributed by atoms with van der Waals surface area (Å²) in [7, 11) is 1.22. The van der Waals surface area contributed by atoms with Crippen molar-refractivity contribution in [3.8, 4) is 5.75 Å². The Hall–Kier alpha value is -1.59. The van der Waals surface area contributed by atoms with Crippen molar-refractivity contribution >= 4 is 5.97 Å². The van der Waals surface area contributed by atoms with E-state index in [4.69, 9.17) is 0 Å². The van der Waals surface area contributed by atoms with Gasteiger partial charge in [-0.1, -0.05) is 0 Å². The maximum absolute atomic E-state index is 11.0. The van der Waals surface area contributed by atoms with E-state index < -0.39 is 18.2 Å². The van der Waals surface area contributed by atoms with E-state index in [1.54, 1.807) is 26.0 Å². The quantitative estimate of drug-likeness (QED) is 0.697. The van der Waals surface area contributed by atoms with Gasteiger partial charge in [0.25, 0.3) is 0 Å². The summed E-state index contributed by atoms with van der Waals surface area (Å²) < 4.78 is 4.42. The van der Waals surface area contributed by atoms with Gasteiger partial charge in [0, 0.05) is 0 Å². The van der Waals surface area contributed by atoms with Crippen LogP contribution in [-0.2, 0) is 9.53 Å². The number of methoxy groups -OCH3 is 1. The minimum Gasteiger partial charge on any atom is -0.507 e. The molecule has 5 nitrogen and oxygen atoms in total. The van der Waals surface area contributed by atoms with Crippen LogP contribution in [-0.4, -0.2) is 34.5 Å². The number of carbonyl (C=O) groups is 1. The number of hydrogen-bond donors (Lipinski definition) is 3. The molecule has 2 atom stereocenters. The van der Waals surface area contributed by atoms with Crippen molar-refractivity contribution in [1.82, 2.24) is 0 Å². The molecule has 0 aliphatic heterocycles. The third kappa shape index (κ3) is 3.21. The lowest BCUT2D eigenvalue weighted by Crippen LogP contribution is -2.22. The Balaban J connectivity index is 2.90. The van der Waals surface area contributed by atoms with Crippen LogP contribution in [0.1, 0.15) is 29.2 Å². The lowest BCUT2D eigenvalue weighted by molar-refractivity contribution is -0.144. The van der Waals surface area contributed by atoms with Crippen LogP contribution >= 0.6 is 0 Å². The van der Waals surface area contributed by atoms with Crippen molar-refractivity contribution in [3.63, 3.8) is 0 Å². The summed E-state index contributed by atoms with van der Waals surface area (Å²) in [5.74, 6) is -0.429. The number of carbonyl (C=O) groups excluding carboxylic acids is 1. The highest BCUT2D eigenvalue weighted by molar-refractivity contribution is 5.69. The molecule has 0 saturated heterocycles. The van der Waals surface area contributed by atoms with Crippen LogP contribution < -0.4 is 0 Å². The monoisotopic (exact) mass is 254 g/mol. The lowest BCUT2D eigenvalue weighted by Gasteiger charge is -2.18. The summed E-state index contributed by atoms with van der Waals surface area (Å²) in [6, 6.07) is 3.15. The second kappa shape index (κ2) is 5.84. The first-order valence-corrected chi connectivity index (χ1v) is 5.60. The van der Waals surface area contributed by atoms with Gasteiger partial charge in [0.2, 0.25) is 0 Å². The molecule has 0 aliphatic rings. The number of aromatic hydroxyl groups is 1. The van der Waals surface area contributed by atoms with Gasteiger partial charge in [-0.3, -0.25) is 4.79 Å². The maximum Gasteiger partial charge on any atom is 0.308 e. The zero-order valence-electron chi connectivity index (χ0n) is 10.7. The van der Waals surface area contributed by atoms with E-state index in [0.29, 0.717) is 16.7 Å². The van der Waals surface area contributed by atoms with E-state index in [1.165, 1.54) is 7.11 Å². The first kappa shape index (κ1) is 14.5. The van der Waals surface area contributed by atoms with E-state index in [2.05, 4.69) is 4.74 Å². The zero-order valence-corrected chi connectivity index (χ0v) is 10.7. The summed E-state index contributed by atoms with van der Waals surface area (Å²) in [5, 5.41) is 29.3. The van der Waals surface area contributed by atoms with Gasteiger partial charge in [-0.05, 0) is 42.7 Å². The maximum atomic E-state index is 11.0. The molecule has 0 amide bonds. The van der Waals surface area contributed by atoms with Gasteiger partial charge in [0.05, 0.1) is 19.6 Å². The van der Waals surface area contributed by atoms with Gasteiger partial charge < -0.3 is 20.1 Å². The summed E-state index contributed by atoms with van der Waals surface area (Å²) in [6.07, 6.45) is -2.71. The molecule has 1 rings (SSSR count). The van der Waals surface area contributed by atoms with Crippen LogP contribution in [0.4, 0.5) is 0 Å². The number of aliphatic hydroxyl groups is 2. The van der Waals surface area contributed by atoms with Crippen LogP contribution in [0.3, 0.4) is 0 Å². The molecule has 0 fully saturated rings. The minimum absolute atomic E-state index is 0.161. The largest absolute Gasteiger partial charge is 0.507 e. The molecule has 3 N–H and O–H groups in total. The van der Waals surface area contributed by atoms with Crippen molar-refractivity contribution in [3.05, 3.63) is 28.8 Å². The zero-order chi connectivity index (χ0) is 13.9. The molecule has 0 aliphatic carbocycles. The molecule has 0 spiro atoms. The number of aliphatic hydroxyl groups excluding tert-OH is 2. The molecule has 0 bridgehead atoms. The summed E-state index contributed by atoms with van der Waals surface area (Å²) in [6.45, 7) is 3.40. The molecule has 0 heterocycles. The van der Waals surface area contributed by atoms with E-state index in [9.17, 15) is 20.1 Å². The second-order valence-electron chi connectivity index (χ2n) is 4.30. The van der Waals surface area contributed by atoms with Crippen LogP contribution in [0.5, 0.6) is 5.75 Å². The highest BCUT2D eigenvalue weighted by atomic mass is 16.5. The fraction of sp³-hybridized carbons (Fsp3) is 0.462. The number of benzene rings is 1. The van der Waals surface area contributed by atoms with Crippen molar-refractivity contribution in [1.29, 1.82) is 0 Å². The van der Waals surface area contributed by atoms with E-state index in [0.717, 1.165) is 0 Å². The number of ether oxygens (including phenoxy) is 1. The number of phenols is 1. The third-order valence-electron chi connectivity index (χ3n) is 2.82. The van der Waals surface area contributed by atoms with Gasteiger partial charge in [-0.25, -0.2) is 0 Å². The van der Waals surface area contributed by atoms with Gasteiger partial charge >= 0.3 is 5.97 Å². The second-order valence-corrected chi connectivity index (χ2v) is 4.30. The lowest BCUT2D eigenvalue weighted by atomic mass is 9.97. The van der Waals surface area contributed by atoms with Crippen molar-refractivity contribution in [2.45, 2.75) is 32.5 Å². The Morgan fingerprint density at radius 3 is 2.22 bits per heavy atom. The van der Waals surface area contributed by atoms with Gasteiger partial charge in [-0.2, -0.15) is 0 Å². The van der Waals surface area contributed by atoms with Gasteiger partial charge in [0.1, 0.15) is 11.9 Å². The Morgan fingerprint density at radius 2 is 1.78 bits per heavy atom. The number of rotatable bonds is 4. The normalized spacial score (nSPS) is 14.1. The summed E-state index contributed by atoms with van der Waals surface area (Å²) in [4.78, 5) is 11.0. The Morgan fingerprint density at radius 1 is 1.28 bits per heavy atom. The van der Waals surface area contributed by atoms with Crippen LogP contribution in [0.25, 0.3) is 0 Å². The highest BCUT2D eigenvalue weighted by Gasteiger charge is 2.22. The third-order valence-corrected chi connectivity index (χ3v) is 2.82. The smallest absolute Gasteiger partial charge is 0.308 e. The molecular formula is C13H18O5. The molecule has 0 saturated carbocycles. The molecular weight excluding hydrogens is 236 g/mol. The SMILES string of the molecule is COC(=O)CC(O)C(O)c1cc(C)c(O)c(C)c1. The summed E-state index contributed by atoms with van der Waals surface area (Å²) in [5.41, 5.74) is 1.67. The van der Waals surface area contributed by atoms with Gasteiger partial charge in [0.15, 0.2) is 0 Å². The topological polar surface area (TPSA) is 87.0 Å². The predicted octanol–water partition coefficient (Wildman–Crippen LogP) is 0.966. The van der Waals surface area contributed by atoms with Crippen molar-refractivity contribution < 1.29 is 24.9 Å². The molecule has 5 heteroatoms. The van der Waals surface area contributed by atoms with Crippen molar-refractivity contribution in [2.24, 2.45) is 0 Å². The van der Waals surface area contributed by atoms with Crippen LogP contribution in [0, 0.1) is 13.8 Å². The van der Waals surface area contributed by atoms with E-state index in [-0.39, 0.29) is 12.2 Å². The molecule has 2 unspecified atom stereocenters. The molecule has 18 heavy (non-hydrogen) atoms. The van der Waals surface area contributed by atoms with Gasteiger partial charge in [-0.15, -0.1) is 0 Å². The Bertz CT molecular complexity index is 418. The number of phenolic OH excluding ortho intramolecular Hbond substituents is 1. The van der Waals surface area contributed by atoms with Crippen molar-refractivity contribution in [2.75, 3.05) is 7.11 Å². The van der Waals surface area contributed by atoms with Crippen LogP contribution in [0.2, 0.25) is 0 Å². The molecule has 0 radical (unpaired) electrons. The average molecular weight is 254 g/mol.